The van der Waals surface area contributed by atoms with E-state index in [-0.39, 0.29) is 18.4 Å². The molecule has 0 atom stereocenters. The summed E-state index contributed by atoms with van der Waals surface area (Å²) >= 11 is 1.60. The van der Waals surface area contributed by atoms with Gasteiger partial charge in [0.15, 0.2) is 0 Å². The third-order valence-corrected chi connectivity index (χ3v) is 6.52. The van der Waals surface area contributed by atoms with E-state index < -0.39 is 0 Å². The summed E-state index contributed by atoms with van der Waals surface area (Å²) < 4.78 is 1.89. The number of nitrogens with one attached hydrogen (secondary N) is 1. The fourth-order valence-electron chi connectivity index (χ4n) is 3.79. The van der Waals surface area contributed by atoms with Crippen molar-refractivity contribution in [3.05, 3.63) is 101 Å². The molecular weight excluding hydrogens is 456 g/mol. The molecule has 0 saturated carbocycles. The second-order valence-electron chi connectivity index (χ2n) is 8.44. The second kappa shape index (κ2) is 11.0. The van der Waals surface area contributed by atoms with Crippen molar-refractivity contribution >= 4 is 34.9 Å². The highest BCUT2D eigenvalue weighted by Crippen LogP contribution is 2.28. The molecule has 2 aromatic carbocycles. The van der Waals surface area contributed by atoms with Gasteiger partial charge in [-0.2, -0.15) is 5.10 Å². The van der Waals surface area contributed by atoms with Gasteiger partial charge >= 0.3 is 0 Å². The van der Waals surface area contributed by atoms with Gasteiger partial charge in [-0.05, 0) is 48.1 Å². The van der Waals surface area contributed by atoms with E-state index in [1.165, 1.54) is 11.0 Å². The Morgan fingerprint density at radius 1 is 1.03 bits per heavy atom. The number of aryl methyl sites for hydroxylation is 2. The second-order valence-corrected chi connectivity index (χ2v) is 9.38. The van der Waals surface area contributed by atoms with Crippen molar-refractivity contribution in [1.82, 2.24) is 14.7 Å². The number of thiophene rings is 1. The van der Waals surface area contributed by atoms with Crippen LogP contribution in [0.15, 0.2) is 78.3 Å². The molecule has 4 aromatic rings. The van der Waals surface area contributed by atoms with Crippen molar-refractivity contribution in [2.45, 2.75) is 20.4 Å². The van der Waals surface area contributed by atoms with Crippen LogP contribution in [0.2, 0.25) is 0 Å². The minimum Gasteiger partial charge on any atom is -0.333 e. The van der Waals surface area contributed by atoms with Crippen molar-refractivity contribution in [3.8, 4) is 10.6 Å². The number of hydrogen-bond donors (Lipinski definition) is 1. The molecule has 6 nitrogen and oxygen atoms in total. The highest BCUT2D eigenvalue weighted by molar-refractivity contribution is 7.13. The molecule has 0 aliphatic carbocycles. The Kier molecular flexibility index (Phi) is 7.57. The largest absolute Gasteiger partial charge is 0.333 e. The third kappa shape index (κ3) is 6.13. The lowest BCUT2D eigenvalue weighted by atomic mass is 10.1. The van der Waals surface area contributed by atoms with E-state index >= 15 is 0 Å². The first kappa shape index (κ1) is 24.2. The summed E-state index contributed by atoms with van der Waals surface area (Å²) in [5, 5.41) is 9.70. The Morgan fingerprint density at radius 3 is 2.46 bits per heavy atom. The molecule has 35 heavy (non-hydrogen) atoms. The molecule has 0 bridgehead atoms. The van der Waals surface area contributed by atoms with Crippen molar-refractivity contribution in [2.75, 3.05) is 18.9 Å². The standard InChI is InChI=1S/C28H28N4O2S/c1-20-9-7-10-21(2)27(20)29-25(33)19-31(3)26(34)15-14-23-18-32(17-22-11-5-4-6-12-22)30-28(23)24-13-8-16-35-24/h4-16,18H,17,19H2,1-3H3,(H,29,33)/b15-14+. The smallest absolute Gasteiger partial charge is 0.246 e. The third-order valence-electron chi connectivity index (χ3n) is 5.64. The summed E-state index contributed by atoms with van der Waals surface area (Å²) in [6.45, 7) is 4.49. The van der Waals surface area contributed by atoms with E-state index in [1.54, 1.807) is 24.5 Å². The van der Waals surface area contributed by atoms with Crippen LogP contribution in [0, 0.1) is 13.8 Å². The number of para-hydroxylation sites is 1. The summed E-state index contributed by atoms with van der Waals surface area (Å²) in [5.74, 6) is -0.490. The number of amides is 2. The van der Waals surface area contributed by atoms with Crippen LogP contribution in [0.1, 0.15) is 22.3 Å². The molecule has 7 heteroatoms. The van der Waals surface area contributed by atoms with Crippen LogP contribution in [-0.4, -0.2) is 40.1 Å². The quantitative estimate of drug-likeness (QED) is 0.341. The fourth-order valence-corrected chi connectivity index (χ4v) is 4.52. The molecule has 2 heterocycles. The molecule has 2 amide bonds. The zero-order chi connectivity index (χ0) is 24.8. The zero-order valence-electron chi connectivity index (χ0n) is 20.1. The lowest BCUT2D eigenvalue weighted by Crippen LogP contribution is -2.34. The molecule has 2 aromatic heterocycles. The number of hydrogen-bond acceptors (Lipinski definition) is 4. The van der Waals surface area contributed by atoms with Gasteiger partial charge in [-0.1, -0.05) is 54.6 Å². The summed E-state index contributed by atoms with van der Waals surface area (Å²) in [6.07, 6.45) is 5.21. The van der Waals surface area contributed by atoms with Crippen LogP contribution in [-0.2, 0) is 16.1 Å². The summed E-state index contributed by atoms with van der Waals surface area (Å²) in [7, 11) is 1.62. The fraction of sp³-hybridized carbons (Fsp3) is 0.179. The van der Waals surface area contributed by atoms with Gasteiger partial charge in [0, 0.05) is 30.6 Å². The van der Waals surface area contributed by atoms with Crippen LogP contribution >= 0.6 is 11.3 Å². The van der Waals surface area contributed by atoms with Crippen LogP contribution in [0.25, 0.3) is 16.6 Å². The Morgan fingerprint density at radius 2 is 1.77 bits per heavy atom. The van der Waals surface area contributed by atoms with Crippen LogP contribution in [0.5, 0.6) is 0 Å². The molecule has 0 radical (unpaired) electrons. The van der Waals surface area contributed by atoms with Crippen LogP contribution in [0.4, 0.5) is 5.69 Å². The molecule has 178 valence electrons. The van der Waals surface area contributed by atoms with Gasteiger partial charge in [0.2, 0.25) is 11.8 Å². The van der Waals surface area contributed by atoms with Gasteiger partial charge < -0.3 is 10.2 Å². The monoisotopic (exact) mass is 484 g/mol. The molecule has 0 aliphatic heterocycles. The van der Waals surface area contributed by atoms with Gasteiger partial charge in [0.25, 0.3) is 0 Å². The maximum absolute atomic E-state index is 12.8. The first-order valence-corrected chi connectivity index (χ1v) is 12.2. The number of nitrogens with zero attached hydrogens (tertiary/aromatic N) is 3. The number of anilines is 1. The summed E-state index contributed by atoms with van der Waals surface area (Å²) in [6, 6.07) is 20.0. The predicted molar refractivity (Wildman–Crippen MR) is 142 cm³/mol. The first-order chi connectivity index (χ1) is 16.9. The number of rotatable bonds is 8. The van der Waals surface area contributed by atoms with Crippen molar-refractivity contribution in [1.29, 1.82) is 0 Å². The molecule has 0 unspecified atom stereocenters. The van der Waals surface area contributed by atoms with Gasteiger partial charge in [-0.25, -0.2) is 0 Å². The average molecular weight is 485 g/mol. The first-order valence-electron chi connectivity index (χ1n) is 11.3. The lowest BCUT2D eigenvalue weighted by Gasteiger charge is -2.16. The number of aromatic nitrogens is 2. The predicted octanol–water partition coefficient (Wildman–Crippen LogP) is 5.39. The normalized spacial score (nSPS) is 11.1. The van der Waals surface area contributed by atoms with E-state index in [1.807, 2.05) is 78.6 Å². The van der Waals surface area contributed by atoms with Gasteiger partial charge in [0.05, 0.1) is 18.0 Å². The molecule has 4 rings (SSSR count). The Hall–Kier alpha value is -3.97. The zero-order valence-corrected chi connectivity index (χ0v) is 20.9. The Balaban J connectivity index is 1.46. The maximum Gasteiger partial charge on any atom is 0.246 e. The van der Waals surface area contributed by atoms with E-state index in [0.29, 0.717) is 6.54 Å². The summed E-state index contributed by atoms with van der Waals surface area (Å²) in [4.78, 5) is 27.8. The van der Waals surface area contributed by atoms with E-state index in [4.69, 9.17) is 5.10 Å². The number of likely N-dealkylation sites (N-methyl/N-ethyl adjacent to an activating group) is 1. The Labute approximate surface area is 209 Å². The number of benzene rings is 2. The minimum atomic E-state index is -0.255. The van der Waals surface area contributed by atoms with E-state index in [9.17, 15) is 9.59 Å². The average Bonchev–Trinajstić information content (AvgIpc) is 3.50. The van der Waals surface area contributed by atoms with Gasteiger partial charge in [-0.15, -0.1) is 11.3 Å². The van der Waals surface area contributed by atoms with Gasteiger partial charge in [-0.3, -0.25) is 14.3 Å². The van der Waals surface area contributed by atoms with Crippen molar-refractivity contribution in [3.63, 3.8) is 0 Å². The highest BCUT2D eigenvalue weighted by atomic mass is 32.1. The Bertz CT molecular complexity index is 1320. The van der Waals surface area contributed by atoms with Crippen LogP contribution in [0.3, 0.4) is 0 Å². The molecule has 0 aliphatic rings. The lowest BCUT2D eigenvalue weighted by molar-refractivity contribution is -0.129. The molecule has 0 saturated heterocycles. The molecule has 0 fully saturated rings. The SMILES string of the molecule is Cc1cccc(C)c1NC(=O)CN(C)C(=O)/C=C/c1cn(Cc2ccccc2)nc1-c1cccs1. The maximum atomic E-state index is 12.8. The van der Waals surface area contributed by atoms with Crippen LogP contribution < -0.4 is 5.32 Å². The molecule has 1 N–H and O–H groups in total. The minimum absolute atomic E-state index is 0.0397. The highest BCUT2D eigenvalue weighted by Gasteiger charge is 2.14. The van der Waals surface area contributed by atoms with Crippen molar-refractivity contribution < 1.29 is 9.59 Å². The summed E-state index contributed by atoms with van der Waals surface area (Å²) in [5.41, 5.74) is 5.59. The van der Waals surface area contributed by atoms with Gasteiger partial charge in [0.1, 0.15) is 5.69 Å². The molecule has 0 spiro atoms. The number of carbonyl (C=O) groups is 2. The van der Waals surface area contributed by atoms with Crippen molar-refractivity contribution in [2.24, 2.45) is 0 Å². The topological polar surface area (TPSA) is 67.2 Å². The van der Waals surface area contributed by atoms with E-state index in [0.717, 1.165) is 38.5 Å². The number of carbonyl (C=O) groups excluding carboxylic acids is 2. The molecular formula is C28H28N4O2S. The van der Waals surface area contributed by atoms with E-state index in [2.05, 4.69) is 17.4 Å².